The van der Waals surface area contributed by atoms with Gasteiger partial charge in [0.25, 0.3) is 0 Å². The first-order valence-corrected chi connectivity index (χ1v) is 2.90. The van der Waals surface area contributed by atoms with E-state index in [0.717, 1.165) is 17.9 Å². The summed E-state index contributed by atoms with van der Waals surface area (Å²) in [7, 11) is 0. The second-order valence-corrected chi connectivity index (χ2v) is 1.70. The monoisotopic (exact) mass is 119 g/mol. The molecule has 36 valence electrons. The van der Waals surface area contributed by atoms with Gasteiger partial charge in [-0.25, -0.2) is 0 Å². The second kappa shape index (κ2) is 9.29. The maximum atomic E-state index is 3.95. The summed E-state index contributed by atoms with van der Waals surface area (Å²) < 4.78 is 0. The third-order valence-corrected chi connectivity index (χ3v) is 0.949. The molecule has 0 saturated carbocycles. The van der Waals surface area contributed by atoms with E-state index in [1.54, 1.807) is 0 Å². The van der Waals surface area contributed by atoms with E-state index >= 15 is 0 Å². The molecule has 0 nitrogen and oxygen atoms in total. The van der Waals surface area contributed by atoms with Crippen LogP contribution in [0.4, 0.5) is 0 Å². The van der Waals surface area contributed by atoms with Crippen molar-refractivity contribution in [3.05, 3.63) is 0 Å². The average molecular weight is 119 g/mol. The molecule has 0 spiro atoms. The van der Waals surface area contributed by atoms with Crippen LogP contribution in [0.5, 0.6) is 0 Å². The average Bonchev–Trinajstić information content (AvgIpc) is 1.41. The quantitative estimate of drug-likeness (QED) is 0.379. The van der Waals surface area contributed by atoms with Crippen molar-refractivity contribution in [1.29, 1.82) is 0 Å². The van der Waals surface area contributed by atoms with Gasteiger partial charge in [0, 0.05) is 0 Å². The Morgan fingerprint density at radius 3 is 1.33 bits per heavy atom. The molecule has 0 aliphatic carbocycles. The summed E-state index contributed by atoms with van der Waals surface area (Å²) in [5.41, 5.74) is 0. The Balaban J connectivity index is 0. The molecule has 0 heterocycles. The van der Waals surface area contributed by atoms with Crippen molar-refractivity contribution in [2.75, 3.05) is 11.5 Å². The van der Waals surface area contributed by atoms with Crippen molar-refractivity contribution < 1.29 is 0 Å². The van der Waals surface area contributed by atoms with Crippen LogP contribution in [-0.4, -0.2) is 21.6 Å². The summed E-state index contributed by atoms with van der Waals surface area (Å²) in [4.78, 5) is 0. The van der Waals surface area contributed by atoms with Crippen LogP contribution in [0.25, 0.3) is 0 Å². The van der Waals surface area contributed by atoms with Gasteiger partial charge < -0.3 is 0 Å². The summed E-state index contributed by atoms with van der Waals surface area (Å²) in [6, 6.07) is 0. The molecule has 0 rings (SSSR count). The first-order valence-electron chi connectivity index (χ1n) is 1.63. The van der Waals surface area contributed by atoms with E-state index in [-0.39, 0.29) is 10.1 Å². The molecule has 0 unspecified atom stereocenters. The molecule has 6 heavy (non-hydrogen) atoms. The Morgan fingerprint density at radius 1 is 1.00 bits per heavy atom. The van der Waals surface area contributed by atoms with Gasteiger partial charge in [-0.1, -0.05) is 0 Å². The second-order valence-electron chi connectivity index (χ2n) is 0.801. The Morgan fingerprint density at radius 2 is 1.33 bits per heavy atom. The van der Waals surface area contributed by atoms with Crippen molar-refractivity contribution >= 4 is 35.4 Å². The van der Waals surface area contributed by atoms with Crippen LogP contribution in [0.1, 0.15) is 6.42 Å². The summed E-state index contributed by atoms with van der Waals surface area (Å²) in [6.07, 6.45) is 1.12. The van der Waals surface area contributed by atoms with Crippen LogP contribution >= 0.6 is 25.3 Å². The first-order chi connectivity index (χ1) is 2.41. The van der Waals surface area contributed by atoms with Crippen molar-refractivity contribution in [3.63, 3.8) is 0 Å². The van der Waals surface area contributed by atoms with E-state index in [1.807, 2.05) is 0 Å². The van der Waals surface area contributed by atoms with Crippen molar-refractivity contribution in [1.82, 2.24) is 0 Å². The van der Waals surface area contributed by atoms with E-state index < -0.39 is 0 Å². The van der Waals surface area contributed by atoms with Crippen LogP contribution < -0.4 is 0 Å². The molecule has 0 aromatic heterocycles. The zero-order valence-corrected chi connectivity index (χ0v) is 4.80. The van der Waals surface area contributed by atoms with Gasteiger partial charge in [-0.05, 0) is 17.9 Å². The van der Waals surface area contributed by atoms with Crippen molar-refractivity contribution in [3.8, 4) is 0 Å². The molecule has 0 bridgehead atoms. The molecule has 0 aliphatic heterocycles. The minimum atomic E-state index is 0. The molecule has 3 heteroatoms. The van der Waals surface area contributed by atoms with Crippen LogP contribution in [0.15, 0.2) is 0 Å². The minimum absolute atomic E-state index is 0. The normalized spacial score (nSPS) is 7.00. The van der Waals surface area contributed by atoms with Crippen LogP contribution in [0.2, 0.25) is 0 Å². The van der Waals surface area contributed by atoms with Crippen LogP contribution in [-0.2, 0) is 0 Å². The Bertz CT molecular complexity index is 16.3. The predicted molar refractivity (Wildman–Crippen MR) is 40.9 cm³/mol. The zero-order valence-electron chi connectivity index (χ0n) is 3.02. The van der Waals surface area contributed by atoms with Crippen molar-refractivity contribution in [2.45, 2.75) is 6.42 Å². The molecule has 0 amide bonds. The van der Waals surface area contributed by atoms with Crippen LogP contribution in [0.3, 0.4) is 0 Å². The van der Waals surface area contributed by atoms with Gasteiger partial charge in [-0.2, -0.15) is 25.3 Å². The van der Waals surface area contributed by atoms with Gasteiger partial charge in [-0.3, -0.25) is 0 Å². The molecule has 0 aromatic carbocycles. The fraction of sp³-hybridized carbons (Fsp3) is 1.00. The summed E-state index contributed by atoms with van der Waals surface area (Å²) >= 11 is 7.90. The summed E-state index contributed by atoms with van der Waals surface area (Å²) in [5.74, 6) is 1.92. The van der Waals surface area contributed by atoms with E-state index in [0.29, 0.717) is 0 Å². The van der Waals surface area contributed by atoms with Gasteiger partial charge in [0.15, 0.2) is 0 Å². The van der Waals surface area contributed by atoms with Crippen LogP contribution in [0, 0.1) is 0 Å². The van der Waals surface area contributed by atoms with Crippen molar-refractivity contribution in [2.24, 2.45) is 0 Å². The third kappa shape index (κ3) is 8.85. The van der Waals surface area contributed by atoms with Gasteiger partial charge in [0.1, 0.15) is 0 Å². The molecule has 0 radical (unpaired) electrons. The predicted octanol–water partition coefficient (Wildman–Crippen LogP) is 0.320. The number of rotatable bonds is 2. The Hall–Kier alpha value is 0.869. The molecule has 0 aromatic rings. The third-order valence-electron chi connectivity index (χ3n) is 0.316. The Labute approximate surface area is 53.7 Å². The number of hydrogen-bond acceptors (Lipinski definition) is 2. The molecular formula is C3H10BeS2. The molecule has 0 fully saturated rings. The SMILES string of the molecule is SCCCS.[BeH2]. The van der Waals surface area contributed by atoms with E-state index in [2.05, 4.69) is 25.3 Å². The summed E-state index contributed by atoms with van der Waals surface area (Å²) in [5, 5.41) is 0. The van der Waals surface area contributed by atoms with E-state index in [1.165, 1.54) is 0 Å². The van der Waals surface area contributed by atoms with Gasteiger partial charge in [0.2, 0.25) is 0 Å². The fourth-order valence-electron chi connectivity index (χ4n) is 0.0707. The number of thiol groups is 2. The fourth-order valence-corrected chi connectivity index (χ4v) is 0.636. The topological polar surface area (TPSA) is 0 Å². The molecule has 0 saturated heterocycles. The van der Waals surface area contributed by atoms with Gasteiger partial charge in [0.05, 0.1) is 0 Å². The zero-order chi connectivity index (χ0) is 4.12. The molecule has 0 N–H and O–H groups in total. The number of hydrogen-bond donors (Lipinski definition) is 2. The van der Waals surface area contributed by atoms with E-state index in [9.17, 15) is 0 Å². The Kier molecular flexibility index (Phi) is 15.5. The van der Waals surface area contributed by atoms with Gasteiger partial charge >= 0.3 is 10.1 Å². The summed E-state index contributed by atoms with van der Waals surface area (Å²) in [6.45, 7) is 0. The van der Waals surface area contributed by atoms with E-state index in [4.69, 9.17) is 0 Å². The first kappa shape index (κ1) is 9.98. The maximum absolute atomic E-state index is 3.95. The molecular weight excluding hydrogens is 109 g/mol. The standard InChI is InChI=1S/C3H8S2.Be.2H/c4-2-1-3-5;;;/h4-5H,1-3H2;;;. The molecule has 0 aliphatic rings. The molecule has 0 atom stereocenters. The van der Waals surface area contributed by atoms with Gasteiger partial charge in [-0.15, -0.1) is 0 Å².